The van der Waals surface area contributed by atoms with Crippen LogP contribution >= 0.6 is 0 Å². The zero-order valence-corrected chi connectivity index (χ0v) is 8.46. The van der Waals surface area contributed by atoms with E-state index in [0.29, 0.717) is 17.7 Å². The first kappa shape index (κ1) is 9.20. The molecule has 0 N–H and O–H groups in total. The van der Waals surface area contributed by atoms with E-state index in [9.17, 15) is 4.79 Å². The summed E-state index contributed by atoms with van der Waals surface area (Å²) < 4.78 is 0. The van der Waals surface area contributed by atoms with Gasteiger partial charge in [-0.1, -0.05) is 6.42 Å². The molecule has 1 aliphatic heterocycles. The maximum atomic E-state index is 11.7. The fourth-order valence-electron chi connectivity index (χ4n) is 2.86. The van der Waals surface area contributed by atoms with Gasteiger partial charge in [0.1, 0.15) is 5.78 Å². The normalized spacial score (nSPS) is 36.8. The summed E-state index contributed by atoms with van der Waals surface area (Å²) in [6, 6.07) is 0.577. The van der Waals surface area contributed by atoms with E-state index in [0.717, 1.165) is 19.3 Å². The van der Waals surface area contributed by atoms with Crippen LogP contribution in [0.4, 0.5) is 0 Å². The van der Waals surface area contributed by atoms with Crippen molar-refractivity contribution in [2.75, 3.05) is 13.6 Å². The second-order valence-electron chi connectivity index (χ2n) is 4.51. The predicted molar refractivity (Wildman–Crippen MR) is 52.6 cm³/mol. The molecule has 2 aliphatic rings. The highest BCUT2D eigenvalue weighted by atomic mass is 16.1. The Kier molecular flexibility index (Phi) is 2.68. The Labute approximate surface area is 80.3 Å². The number of Topliss-reactive ketones (excluding diaryl/α,β-unsaturated/α-hetero) is 1. The summed E-state index contributed by atoms with van der Waals surface area (Å²) in [6.45, 7) is 1.19. The molecule has 0 aromatic rings. The SMILES string of the molecule is CN1CCC[C@@H]1[C@@H]1CCCCC1=O. The number of hydrogen-bond donors (Lipinski definition) is 0. The van der Waals surface area contributed by atoms with Gasteiger partial charge in [-0.3, -0.25) is 4.79 Å². The minimum absolute atomic E-state index is 0.376. The average molecular weight is 181 g/mol. The lowest BCUT2D eigenvalue weighted by Crippen LogP contribution is -2.38. The van der Waals surface area contributed by atoms with Gasteiger partial charge in [0.25, 0.3) is 0 Å². The van der Waals surface area contributed by atoms with E-state index in [-0.39, 0.29) is 0 Å². The van der Waals surface area contributed by atoms with Gasteiger partial charge in [0.2, 0.25) is 0 Å². The van der Waals surface area contributed by atoms with Crippen molar-refractivity contribution in [3.63, 3.8) is 0 Å². The highest BCUT2D eigenvalue weighted by Crippen LogP contribution is 2.31. The predicted octanol–water partition coefficient (Wildman–Crippen LogP) is 1.84. The van der Waals surface area contributed by atoms with Gasteiger partial charge in [0, 0.05) is 18.4 Å². The number of carbonyl (C=O) groups excluding carboxylic acids is 1. The molecule has 1 saturated carbocycles. The standard InChI is InChI=1S/C11H19NO/c1-12-8-4-6-10(12)9-5-2-3-7-11(9)13/h9-10H,2-8H2,1H3/t9-,10+/m0/s1. The van der Waals surface area contributed by atoms with Gasteiger partial charge in [0.05, 0.1) is 0 Å². The molecule has 0 radical (unpaired) electrons. The Hall–Kier alpha value is -0.370. The Morgan fingerprint density at radius 2 is 2.08 bits per heavy atom. The minimum Gasteiger partial charge on any atom is -0.303 e. The fraction of sp³-hybridized carbons (Fsp3) is 0.909. The number of carbonyl (C=O) groups is 1. The molecule has 2 fully saturated rings. The minimum atomic E-state index is 0.376. The van der Waals surface area contributed by atoms with Crippen molar-refractivity contribution in [1.29, 1.82) is 0 Å². The molecule has 13 heavy (non-hydrogen) atoms. The van der Waals surface area contributed by atoms with E-state index in [2.05, 4.69) is 11.9 Å². The molecular weight excluding hydrogens is 162 g/mol. The van der Waals surface area contributed by atoms with Crippen LogP contribution in [0.15, 0.2) is 0 Å². The largest absolute Gasteiger partial charge is 0.303 e. The smallest absolute Gasteiger partial charge is 0.137 e. The molecule has 0 aromatic heterocycles. The fourth-order valence-corrected chi connectivity index (χ4v) is 2.86. The number of hydrogen-bond acceptors (Lipinski definition) is 2. The summed E-state index contributed by atoms with van der Waals surface area (Å²) >= 11 is 0. The van der Waals surface area contributed by atoms with Crippen molar-refractivity contribution in [3.8, 4) is 0 Å². The summed E-state index contributed by atoms with van der Waals surface area (Å²) in [5, 5.41) is 0. The average Bonchev–Trinajstić information content (AvgIpc) is 2.52. The molecule has 1 heterocycles. The molecule has 1 aliphatic carbocycles. The van der Waals surface area contributed by atoms with E-state index in [1.165, 1.54) is 25.8 Å². The van der Waals surface area contributed by atoms with E-state index >= 15 is 0 Å². The van der Waals surface area contributed by atoms with Crippen LogP contribution in [0.1, 0.15) is 38.5 Å². The van der Waals surface area contributed by atoms with Gasteiger partial charge in [-0.25, -0.2) is 0 Å². The first-order valence-electron chi connectivity index (χ1n) is 5.52. The van der Waals surface area contributed by atoms with Crippen LogP contribution in [0.25, 0.3) is 0 Å². The highest BCUT2D eigenvalue weighted by Gasteiger charge is 2.34. The van der Waals surface area contributed by atoms with Crippen LogP contribution in [-0.2, 0) is 4.79 Å². The molecule has 0 spiro atoms. The second-order valence-corrected chi connectivity index (χ2v) is 4.51. The summed E-state index contributed by atoms with van der Waals surface area (Å²) in [5.74, 6) is 0.909. The number of ketones is 1. The van der Waals surface area contributed by atoms with E-state index in [1.807, 2.05) is 0 Å². The van der Waals surface area contributed by atoms with Crippen LogP contribution in [0, 0.1) is 5.92 Å². The molecule has 0 amide bonds. The summed E-state index contributed by atoms with van der Waals surface area (Å²) in [5.41, 5.74) is 0. The van der Waals surface area contributed by atoms with Gasteiger partial charge < -0.3 is 4.90 Å². The van der Waals surface area contributed by atoms with Gasteiger partial charge in [-0.05, 0) is 39.3 Å². The summed E-state index contributed by atoms with van der Waals surface area (Å²) in [7, 11) is 2.17. The van der Waals surface area contributed by atoms with Crippen LogP contribution in [0.2, 0.25) is 0 Å². The molecule has 0 bridgehead atoms. The van der Waals surface area contributed by atoms with Crippen LogP contribution in [0.5, 0.6) is 0 Å². The third-order valence-electron chi connectivity index (χ3n) is 3.64. The molecule has 1 saturated heterocycles. The topological polar surface area (TPSA) is 20.3 Å². The maximum Gasteiger partial charge on any atom is 0.137 e. The third-order valence-corrected chi connectivity index (χ3v) is 3.64. The molecule has 2 nitrogen and oxygen atoms in total. The van der Waals surface area contributed by atoms with Gasteiger partial charge in [-0.2, -0.15) is 0 Å². The zero-order valence-electron chi connectivity index (χ0n) is 8.46. The lowest BCUT2D eigenvalue weighted by atomic mass is 9.82. The number of nitrogens with zero attached hydrogens (tertiary/aromatic N) is 1. The zero-order chi connectivity index (χ0) is 9.26. The Morgan fingerprint density at radius 1 is 1.23 bits per heavy atom. The second kappa shape index (κ2) is 3.79. The molecule has 2 rings (SSSR count). The summed E-state index contributed by atoms with van der Waals surface area (Å²) in [4.78, 5) is 14.1. The van der Waals surface area contributed by atoms with Crippen molar-refractivity contribution in [1.82, 2.24) is 4.90 Å². The van der Waals surface area contributed by atoms with Crippen molar-refractivity contribution in [2.45, 2.75) is 44.6 Å². The molecule has 2 heteroatoms. The van der Waals surface area contributed by atoms with Crippen LogP contribution < -0.4 is 0 Å². The molecule has 0 aromatic carbocycles. The van der Waals surface area contributed by atoms with Crippen molar-refractivity contribution >= 4 is 5.78 Å². The van der Waals surface area contributed by atoms with Gasteiger partial charge >= 0.3 is 0 Å². The quantitative estimate of drug-likeness (QED) is 0.615. The van der Waals surface area contributed by atoms with Crippen molar-refractivity contribution < 1.29 is 4.79 Å². The lowest BCUT2D eigenvalue weighted by molar-refractivity contribution is -0.126. The first-order valence-corrected chi connectivity index (χ1v) is 5.52. The molecule has 0 unspecified atom stereocenters. The number of likely N-dealkylation sites (tertiary alicyclic amines) is 1. The van der Waals surface area contributed by atoms with Crippen molar-refractivity contribution in [3.05, 3.63) is 0 Å². The lowest BCUT2D eigenvalue weighted by Gasteiger charge is -2.30. The van der Waals surface area contributed by atoms with E-state index < -0.39 is 0 Å². The third kappa shape index (κ3) is 1.78. The Balaban J connectivity index is 2.01. The molecular formula is C11H19NO. The molecule has 74 valence electrons. The van der Waals surface area contributed by atoms with E-state index in [1.54, 1.807) is 0 Å². The monoisotopic (exact) mass is 181 g/mol. The van der Waals surface area contributed by atoms with Crippen molar-refractivity contribution in [2.24, 2.45) is 5.92 Å². The molecule has 2 atom stereocenters. The summed E-state index contributed by atoms with van der Waals surface area (Å²) in [6.07, 6.45) is 6.91. The van der Waals surface area contributed by atoms with Crippen LogP contribution in [0.3, 0.4) is 0 Å². The van der Waals surface area contributed by atoms with Gasteiger partial charge in [-0.15, -0.1) is 0 Å². The number of rotatable bonds is 1. The first-order chi connectivity index (χ1) is 6.29. The Bertz CT molecular complexity index is 202. The van der Waals surface area contributed by atoms with Crippen LogP contribution in [-0.4, -0.2) is 30.3 Å². The highest BCUT2D eigenvalue weighted by molar-refractivity contribution is 5.82. The van der Waals surface area contributed by atoms with Gasteiger partial charge in [0.15, 0.2) is 0 Å². The Morgan fingerprint density at radius 3 is 2.69 bits per heavy atom. The van der Waals surface area contributed by atoms with E-state index in [4.69, 9.17) is 0 Å². The maximum absolute atomic E-state index is 11.7.